The van der Waals surface area contributed by atoms with Crippen molar-refractivity contribution in [2.45, 2.75) is 0 Å². The Bertz CT molecular complexity index is 2030. The van der Waals surface area contributed by atoms with Crippen LogP contribution < -0.4 is 36.2 Å². The highest BCUT2D eigenvalue weighted by atomic mass is 35.5. The topological polar surface area (TPSA) is 168 Å². The van der Waals surface area contributed by atoms with Crippen LogP contribution in [0.4, 0.5) is 40.3 Å². The number of halogens is 3. The van der Waals surface area contributed by atoms with Gasteiger partial charge in [0.05, 0.1) is 60.9 Å². The molecule has 3 aromatic carbocycles. The fourth-order valence-corrected chi connectivity index (χ4v) is 5.38. The average Bonchev–Trinajstić information content (AvgIpc) is 3.18. The Labute approximate surface area is 315 Å². The number of rotatable bonds is 10. The van der Waals surface area contributed by atoms with E-state index in [0.29, 0.717) is 74.8 Å². The van der Waals surface area contributed by atoms with Crippen molar-refractivity contribution in [3.63, 3.8) is 0 Å². The summed E-state index contributed by atoms with van der Waals surface area (Å²) in [6.07, 6.45) is 2.89. The lowest BCUT2D eigenvalue weighted by molar-refractivity contribution is 0.0956. The van der Waals surface area contributed by atoms with E-state index in [4.69, 9.17) is 44.3 Å². The number of carbonyl (C=O) groups excluding carboxylic acids is 2. The predicted molar refractivity (Wildman–Crippen MR) is 205 cm³/mol. The standard InChI is InChI=1S/C23H25ClN6O3.C12H10Cl2N4O/c1-25-22(31)16-5-3-4-6-18(16)27-21-17(24)14-26-23(29-21)28-19-8-7-15(13-20(19)32-2)30-9-11-33-12-10-30;1-15-11(19)7-4-2-3-5-9(7)17-10-8(13)6-16-12(14)18-10/h3-8,13-14H,9-12H2,1-2H3,(H,25,31)(H2,26,27,28,29);2-6H,1H3,(H,15,19)(H,16,17,18). The molecule has 5 aromatic rings. The Kier molecular flexibility index (Phi) is 13.2. The summed E-state index contributed by atoms with van der Waals surface area (Å²) in [4.78, 5) is 42.7. The highest BCUT2D eigenvalue weighted by molar-refractivity contribution is 6.34. The molecule has 2 aromatic heterocycles. The average molecular weight is 766 g/mol. The van der Waals surface area contributed by atoms with Crippen LogP contribution in [0, 0.1) is 0 Å². The van der Waals surface area contributed by atoms with E-state index in [-0.39, 0.29) is 17.1 Å². The van der Waals surface area contributed by atoms with Gasteiger partial charge in [0, 0.05) is 38.9 Å². The molecule has 270 valence electrons. The zero-order valence-corrected chi connectivity index (χ0v) is 30.6. The quantitative estimate of drug-likeness (QED) is 0.0956. The van der Waals surface area contributed by atoms with Crippen molar-refractivity contribution >= 4 is 87.0 Å². The van der Waals surface area contributed by atoms with Crippen molar-refractivity contribution in [2.24, 2.45) is 0 Å². The molecule has 0 bridgehead atoms. The summed E-state index contributed by atoms with van der Waals surface area (Å²) >= 11 is 18.0. The summed E-state index contributed by atoms with van der Waals surface area (Å²) in [5, 5.41) is 15.2. The molecule has 0 aliphatic carbocycles. The Morgan fingerprint density at radius 3 is 1.87 bits per heavy atom. The molecule has 1 aliphatic rings. The zero-order valence-electron chi connectivity index (χ0n) is 28.3. The minimum atomic E-state index is -0.216. The summed E-state index contributed by atoms with van der Waals surface area (Å²) < 4.78 is 11.0. The first-order chi connectivity index (χ1) is 25.2. The number of nitrogens with zero attached hydrogens (tertiary/aromatic N) is 5. The summed E-state index contributed by atoms with van der Waals surface area (Å²) in [5.74, 6) is 1.28. The Balaban J connectivity index is 0.000000233. The van der Waals surface area contributed by atoms with Crippen LogP contribution >= 0.6 is 34.8 Å². The maximum Gasteiger partial charge on any atom is 0.253 e. The molecule has 0 atom stereocenters. The van der Waals surface area contributed by atoms with Crippen molar-refractivity contribution in [2.75, 3.05) is 68.4 Å². The number of carbonyl (C=O) groups is 2. The lowest BCUT2D eigenvalue weighted by Gasteiger charge is -2.29. The van der Waals surface area contributed by atoms with Gasteiger partial charge in [0.25, 0.3) is 11.8 Å². The van der Waals surface area contributed by atoms with E-state index in [1.165, 1.54) is 12.4 Å². The minimum Gasteiger partial charge on any atom is -0.494 e. The number of ether oxygens (including phenoxy) is 2. The Morgan fingerprint density at radius 2 is 1.29 bits per heavy atom. The van der Waals surface area contributed by atoms with Gasteiger partial charge in [-0.15, -0.1) is 0 Å². The van der Waals surface area contributed by atoms with Crippen molar-refractivity contribution in [1.82, 2.24) is 30.6 Å². The van der Waals surface area contributed by atoms with Crippen LogP contribution in [0.3, 0.4) is 0 Å². The number of hydrogen-bond donors (Lipinski definition) is 5. The number of morpholine rings is 1. The SMILES string of the molecule is CNC(=O)c1ccccc1Nc1nc(Cl)ncc1Cl.CNC(=O)c1ccccc1Nc1nc(Nc2ccc(N3CCOCC3)cc2OC)ncc1Cl. The molecule has 2 amide bonds. The first-order valence-corrected chi connectivity index (χ1v) is 17.0. The lowest BCUT2D eigenvalue weighted by atomic mass is 10.1. The van der Waals surface area contributed by atoms with Crippen LogP contribution in [0.5, 0.6) is 5.75 Å². The van der Waals surface area contributed by atoms with E-state index in [1.54, 1.807) is 63.7 Å². The van der Waals surface area contributed by atoms with E-state index in [1.807, 2.05) is 24.3 Å². The monoisotopic (exact) mass is 764 g/mol. The summed E-state index contributed by atoms with van der Waals surface area (Å²) in [7, 11) is 4.76. The Morgan fingerprint density at radius 1 is 0.731 bits per heavy atom. The maximum atomic E-state index is 12.2. The lowest BCUT2D eigenvalue weighted by Crippen LogP contribution is -2.36. The van der Waals surface area contributed by atoms with Crippen molar-refractivity contribution in [3.8, 4) is 5.75 Å². The number of anilines is 7. The van der Waals surface area contributed by atoms with Gasteiger partial charge in [-0.05, 0) is 48.0 Å². The molecule has 1 fully saturated rings. The molecule has 14 nitrogen and oxygen atoms in total. The fourth-order valence-electron chi connectivity index (χ4n) is 4.97. The van der Waals surface area contributed by atoms with Gasteiger partial charge in [-0.1, -0.05) is 47.5 Å². The van der Waals surface area contributed by atoms with Crippen LogP contribution in [0.1, 0.15) is 20.7 Å². The van der Waals surface area contributed by atoms with Gasteiger partial charge in [0.1, 0.15) is 15.8 Å². The number of amides is 2. The van der Waals surface area contributed by atoms with Gasteiger partial charge in [-0.2, -0.15) is 9.97 Å². The molecule has 3 heterocycles. The number of nitrogens with one attached hydrogen (secondary N) is 5. The second-order valence-electron chi connectivity index (χ2n) is 10.8. The Hall–Kier alpha value is -5.41. The highest BCUT2D eigenvalue weighted by Gasteiger charge is 2.16. The molecule has 52 heavy (non-hydrogen) atoms. The fraction of sp³-hybridized carbons (Fsp3) is 0.200. The predicted octanol–water partition coefficient (Wildman–Crippen LogP) is 6.71. The highest BCUT2D eigenvalue weighted by Crippen LogP contribution is 2.33. The first-order valence-electron chi connectivity index (χ1n) is 15.8. The summed E-state index contributed by atoms with van der Waals surface area (Å²) in [6, 6.07) is 20.0. The van der Waals surface area contributed by atoms with Crippen LogP contribution in [0.25, 0.3) is 0 Å². The molecule has 0 saturated carbocycles. The molecule has 6 rings (SSSR count). The van der Waals surface area contributed by atoms with Gasteiger partial charge in [0.15, 0.2) is 11.6 Å². The normalized spacial score (nSPS) is 12.2. The summed E-state index contributed by atoms with van der Waals surface area (Å²) in [6.45, 7) is 3.09. The number of aromatic nitrogens is 4. The van der Waals surface area contributed by atoms with Crippen molar-refractivity contribution in [1.29, 1.82) is 0 Å². The maximum absolute atomic E-state index is 12.2. The molecular weight excluding hydrogens is 731 g/mol. The van der Waals surface area contributed by atoms with Gasteiger partial charge in [0.2, 0.25) is 11.2 Å². The number of methoxy groups -OCH3 is 1. The van der Waals surface area contributed by atoms with E-state index in [9.17, 15) is 9.59 Å². The van der Waals surface area contributed by atoms with Crippen LogP contribution in [-0.2, 0) is 4.74 Å². The second kappa shape index (κ2) is 18.2. The van der Waals surface area contributed by atoms with Crippen molar-refractivity contribution < 1.29 is 19.1 Å². The molecule has 0 spiro atoms. The van der Waals surface area contributed by atoms with Gasteiger partial charge < -0.3 is 41.0 Å². The second-order valence-corrected chi connectivity index (χ2v) is 12.0. The molecule has 17 heteroatoms. The molecule has 0 unspecified atom stereocenters. The molecule has 1 saturated heterocycles. The van der Waals surface area contributed by atoms with Gasteiger partial charge in [-0.25, -0.2) is 9.97 Å². The van der Waals surface area contributed by atoms with Crippen LogP contribution in [0.15, 0.2) is 79.1 Å². The van der Waals surface area contributed by atoms with Crippen LogP contribution in [-0.4, -0.2) is 79.3 Å². The zero-order chi connectivity index (χ0) is 37.0. The molecule has 0 radical (unpaired) electrons. The van der Waals surface area contributed by atoms with Crippen LogP contribution in [0.2, 0.25) is 15.3 Å². The van der Waals surface area contributed by atoms with Gasteiger partial charge >= 0.3 is 0 Å². The third-order valence-corrected chi connectivity index (χ3v) is 8.31. The molecule has 5 N–H and O–H groups in total. The van der Waals surface area contributed by atoms with E-state index in [2.05, 4.69) is 51.4 Å². The molecule has 1 aliphatic heterocycles. The van der Waals surface area contributed by atoms with Crippen molar-refractivity contribution in [3.05, 3.63) is 106 Å². The number of benzene rings is 3. The third kappa shape index (κ3) is 9.67. The smallest absolute Gasteiger partial charge is 0.253 e. The number of hydrogen-bond acceptors (Lipinski definition) is 12. The largest absolute Gasteiger partial charge is 0.494 e. The third-order valence-electron chi connectivity index (χ3n) is 7.57. The van der Waals surface area contributed by atoms with Gasteiger partial charge in [-0.3, -0.25) is 9.59 Å². The summed E-state index contributed by atoms with van der Waals surface area (Å²) in [5.41, 5.74) is 3.90. The first kappa shape index (κ1) is 37.8. The minimum absolute atomic E-state index is 0.0734. The van der Waals surface area contributed by atoms with E-state index in [0.717, 1.165) is 18.8 Å². The number of para-hydroxylation sites is 2. The molecular formula is C35H35Cl3N10O4. The van der Waals surface area contributed by atoms with E-state index < -0.39 is 0 Å². The van der Waals surface area contributed by atoms with E-state index >= 15 is 0 Å².